The molecule has 2 rings (SSSR count). The Morgan fingerprint density at radius 1 is 1.40 bits per heavy atom. The van der Waals surface area contributed by atoms with E-state index in [1.165, 1.54) is 5.69 Å². The Bertz CT molecular complexity index is 367. The second-order valence-corrected chi connectivity index (χ2v) is 3.61. The van der Waals surface area contributed by atoms with E-state index in [9.17, 15) is 0 Å². The molecule has 78 valence electrons. The van der Waals surface area contributed by atoms with E-state index in [1.54, 1.807) is 0 Å². The first-order chi connectivity index (χ1) is 7.42. The summed E-state index contributed by atoms with van der Waals surface area (Å²) in [4.78, 5) is 2.31. The summed E-state index contributed by atoms with van der Waals surface area (Å²) in [6.45, 7) is 2.74. The molecule has 0 aliphatic carbocycles. The second-order valence-electron chi connectivity index (χ2n) is 3.61. The number of hydrogen-bond acceptors (Lipinski definition) is 2. The minimum absolute atomic E-state index is 0.786. The first kappa shape index (κ1) is 9.92. The molecular formula is C13H15NO. The van der Waals surface area contributed by atoms with E-state index in [2.05, 4.69) is 16.9 Å². The summed E-state index contributed by atoms with van der Waals surface area (Å²) < 4.78 is 5.67. The second kappa shape index (κ2) is 4.75. The molecule has 0 atom stereocenters. The highest BCUT2D eigenvalue weighted by molar-refractivity contribution is 5.58. The molecule has 0 aromatic heterocycles. The number of hydrogen-bond donors (Lipinski definition) is 0. The van der Waals surface area contributed by atoms with Crippen molar-refractivity contribution in [3.8, 4) is 18.1 Å². The highest BCUT2D eigenvalue weighted by Crippen LogP contribution is 2.30. The lowest BCUT2D eigenvalue weighted by Crippen LogP contribution is -2.24. The van der Waals surface area contributed by atoms with E-state index in [-0.39, 0.29) is 0 Å². The zero-order valence-corrected chi connectivity index (χ0v) is 8.78. The first-order valence-electron chi connectivity index (χ1n) is 5.32. The lowest BCUT2D eigenvalue weighted by atomic mass is 10.2. The Labute approximate surface area is 90.9 Å². The van der Waals surface area contributed by atoms with Crippen molar-refractivity contribution in [2.75, 3.05) is 24.6 Å². The van der Waals surface area contributed by atoms with Gasteiger partial charge in [-0.1, -0.05) is 12.1 Å². The summed E-state index contributed by atoms with van der Waals surface area (Å²) in [7, 11) is 0. The third-order valence-corrected chi connectivity index (χ3v) is 2.56. The van der Waals surface area contributed by atoms with Crippen molar-refractivity contribution < 1.29 is 4.74 Å². The van der Waals surface area contributed by atoms with Gasteiger partial charge in [0, 0.05) is 19.5 Å². The number of ether oxygens (including phenoxy) is 1. The van der Waals surface area contributed by atoms with E-state index in [1.807, 2.05) is 18.2 Å². The fourth-order valence-electron chi connectivity index (χ4n) is 1.83. The molecule has 0 radical (unpaired) electrons. The van der Waals surface area contributed by atoms with Crippen LogP contribution in [0.15, 0.2) is 24.3 Å². The molecule has 0 amide bonds. The van der Waals surface area contributed by atoms with E-state index in [0.717, 1.165) is 38.3 Å². The monoisotopic (exact) mass is 201 g/mol. The van der Waals surface area contributed by atoms with Crippen LogP contribution in [0.25, 0.3) is 0 Å². The minimum atomic E-state index is 0.786. The molecule has 1 aliphatic rings. The molecule has 0 unspecified atom stereocenters. The van der Waals surface area contributed by atoms with Gasteiger partial charge in [0.15, 0.2) is 0 Å². The number of anilines is 1. The van der Waals surface area contributed by atoms with Crippen LogP contribution in [0, 0.1) is 12.3 Å². The maximum atomic E-state index is 5.67. The number of fused-ring (bicyclic) bond motifs is 1. The summed E-state index contributed by atoms with van der Waals surface area (Å²) in [6, 6.07) is 8.15. The van der Waals surface area contributed by atoms with Crippen LogP contribution in [-0.4, -0.2) is 19.7 Å². The van der Waals surface area contributed by atoms with Crippen molar-refractivity contribution in [1.29, 1.82) is 0 Å². The maximum absolute atomic E-state index is 5.67. The largest absolute Gasteiger partial charge is 0.491 e. The van der Waals surface area contributed by atoms with Crippen LogP contribution in [0.2, 0.25) is 0 Å². The third-order valence-electron chi connectivity index (χ3n) is 2.56. The molecule has 2 nitrogen and oxygen atoms in total. The van der Waals surface area contributed by atoms with Crippen LogP contribution < -0.4 is 9.64 Å². The molecule has 1 aliphatic heterocycles. The van der Waals surface area contributed by atoms with Gasteiger partial charge in [-0.3, -0.25) is 0 Å². The van der Waals surface area contributed by atoms with Gasteiger partial charge in [-0.05, 0) is 18.6 Å². The van der Waals surface area contributed by atoms with Crippen molar-refractivity contribution in [3.05, 3.63) is 24.3 Å². The predicted molar refractivity (Wildman–Crippen MR) is 62.2 cm³/mol. The molecule has 0 fully saturated rings. The molecule has 0 saturated heterocycles. The Morgan fingerprint density at radius 3 is 3.13 bits per heavy atom. The van der Waals surface area contributed by atoms with E-state index in [4.69, 9.17) is 11.2 Å². The number of para-hydroxylation sites is 2. The van der Waals surface area contributed by atoms with Crippen molar-refractivity contribution in [2.45, 2.75) is 12.8 Å². The van der Waals surface area contributed by atoms with Gasteiger partial charge < -0.3 is 9.64 Å². The summed E-state index contributed by atoms with van der Waals surface area (Å²) >= 11 is 0. The molecular weight excluding hydrogens is 186 g/mol. The molecule has 2 heteroatoms. The van der Waals surface area contributed by atoms with E-state index >= 15 is 0 Å². The highest BCUT2D eigenvalue weighted by Gasteiger charge is 2.14. The van der Waals surface area contributed by atoms with Gasteiger partial charge in [-0.2, -0.15) is 0 Å². The first-order valence-corrected chi connectivity index (χ1v) is 5.32. The van der Waals surface area contributed by atoms with Crippen molar-refractivity contribution in [3.63, 3.8) is 0 Å². The van der Waals surface area contributed by atoms with Gasteiger partial charge in [-0.15, -0.1) is 12.3 Å². The fourth-order valence-corrected chi connectivity index (χ4v) is 1.83. The van der Waals surface area contributed by atoms with Crippen LogP contribution in [0.1, 0.15) is 12.8 Å². The van der Waals surface area contributed by atoms with Crippen LogP contribution in [0.4, 0.5) is 5.69 Å². The lowest BCUT2D eigenvalue weighted by molar-refractivity contribution is 0.322. The molecule has 1 heterocycles. The normalized spacial score (nSPS) is 14.7. The predicted octanol–water partition coefficient (Wildman–Crippen LogP) is 2.30. The average molecular weight is 201 g/mol. The van der Waals surface area contributed by atoms with Gasteiger partial charge in [0.2, 0.25) is 0 Å². The number of nitrogens with zero attached hydrogens (tertiary/aromatic N) is 1. The molecule has 0 spiro atoms. The minimum Gasteiger partial charge on any atom is -0.491 e. The third kappa shape index (κ3) is 2.24. The van der Waals surface area contributed by atoms with Crippen LogP contribution in [0.3, 0.4) is 0 Å². The topological polar surface area (TPSA) is 12.5 Å². The van der Waals surface area contributed by atoms with E-state index < -0.39 is 0 Å². The zero-order chi connectivity index (χ0) is 10.5. The van der Waals surface area contributed by atoms with Crippen molar-refractivity contribution in [2.24, 2.45) is 0 Å². The SMILES string of the molecule is C#CCCN1CCCOc2ccccc21. The smallest absolute Gasteiger partial charge is 0.142 e. The standard InChI is InChI=1S/C13H15NO/c1-2-3-9-14-10-6-11-15-13-8-5-4-7-12(13)14/h1,4-5,7-8H,3,6,9-11H2. The highest BCUT2D eigenvalue weighted by atomic mass is 16.5. The Morgan fingerprint density at radius 2 is 2.27 bits per heavy atom. The zero-order valence-electron chi connectivity index (χ0n) is 8.78. The summed E-state index contributed by atoms with van der Waals surface area (Å²) in [5.41, 5.74) is 1.17. The fraction of sp³-hybridized carbons (Fsp3) is 0.385. The number of rotatable bonds is 2. The van der Waals surface area contributed by atoms with Gasteiger partial charge in [0.1, 0.15) is 5.75 Å². The van der Waals surface area contributed by atoms with Gasteiger partial charge in [-0.25, -0.2) is 0 Å². The van der Waals surface area contributed by atoms with Crippen LogP contribution in [-0.2, 0) is 0 Å². The number of benzene rings is 1. The lowest BCUT2D eigenvalue weighted by Gasteiger charge is -2.22. The average Bonchev–Trinajstić information content (AvgIpc) is 2.49. The molecule has 0 bridgehead atoms. The summed E-state index contributed by atoms with van der Waals surface area (Å²) in [6.07, 6.45) is 7.14. The summed E-state index contributed by atoms with van der Waals surface area (Å²) in [5.74, 6) is 3.66. The van der Waals surface area contributed by atoms with Gasteiger partial charge in [0.05, 0.1) is 12.3 Å². The van der Waals surface area contributed by atoms with Gasteiger partial charge >= 0.3 is 0 Å². The quantitative estimate of drug-likeness (QED) is 0.681. The summed E-state index contributed by atoms with van der Waals surface area (Å²) in [5, 5.41) is 0. The molecule has 1 aromatic carbocycles. The van der Waals surface area contributed by atoms with Crippen molar-refractivity contribution in [1.82, 2.24) is 0 Å². The van der Waals surface area contributed by atoms with Crippen molar-refractivity contribution >= 4 is 5.69 Å². The molecule has 0 N–H and O–H groups in total. The Kier molecular flexibility index (Phi) is 3.14. The molecule has 15 heavy (non-hydrogen) atoms. The molecule has 1 aromatic rings. The maximum Gasteiger partial charge on any atom is 0.142 e. The Balaban J connectivity index is 2.21. The van der Waals surface area contributed by atoms with Crippen LogP contribution >= 0.6 is 0 Å². The van der Waals surface area contributed by atoms with E-state index in [0.29, 0.717) is 0 Å². The Hall–Kier alpha value is -1.62. The van der Waals surface area contributed by atoms with Gasteiger partial charge in [0.25, 0.3) is 0 Å². The molecule has 0 saturated carbocycles. The van der Waals surface area contributed by atoms with Crippen LogP contribution in [0.5, 0.6) is 5.75 Å². The number of terminal acetylenes is 1.